The van der Waals surface area contributed by atoms with E-state index in [9.17, 15) is 4.79 Å². The van der Waals surface area contributed by atoms with Crippen molar-refractivity contribution in [2.24, 2.45) is 5.92 Å². The van der Waals surface area contributed by atoms with Crippen LogP contribution >= 0.6 is 0 Å². The standard InChI is InChI=1S/C28H32N2O3/c1-19-7-11-23(16-20(19)2)27-24(6-5-14-29-27)28(31)30(18-22-8-9-22)15-13-21-10-12-25(32-3)26(17-21)33-4/h5-7,10-12,14,16-17,22H,8-9,13,15,18H2,1-4H3. The van der Waals surface area contributed by atoms with Crippen molar-refractivity contribution in [2.75, 3.05) is 27.3 Å². The van der Waals surface area contributed by atoms with E-state index in [1.54, 1.807) is 20.4 Å². The number of aromatic nitrogens is 1. The number of hydrogen-bond donors (Lipinski definition) is 0. The highest BCUT2D eigenvalue weighted by Crippen LogP contribution is 2.32. The summed E-state index contributed by atoms with van der Waals surface area (Å²) in [5.41, 5.74) is 5.93. The fourth-order valence-electron chi connectivity index (χ4n) is 4.06. The van der Waals surface area contributed by atoms with Crippen molar-refractivity contribution in [1.29, 1.82) is 0 Å². The van der Waals surface area contributed by atoms with Gasteiger partial charge >= 0.3 is 0 Å². The molecule has 0 spiro atoms. The van der Waals surface area contributed by atoms with Crippen molar-refractivity contribution < 1.29 is 14.3 Å². The lowest BCUT2D eigenvalue weighted by Crippen LogP contribution is -2.35. The maximum Gasteiger partial charge on any atom is 0.256 e. The number of amides is 1. The van der Waals surface area contributed by atoms with Gasteiger partial charge in [0.2, 0.25) is 0 Å². The van der Waals surface area contributed by atoms with Gasteiger partial charge in [-0.05, 0) is 86.1 Å². The molecule has 1 heterocycles. The van der Waals surface area contributed by atoms with E-state index in [1.807, 2.05) is 35.2 Å². The molecule has 5 heteroatoms. The monoisotopic (exact) mass is 444 g/mol. The molecule has 0 saturated heterocycles. The predicted octanol–water partition coefficient (Wildman–Crippen LogP) is 5.48. The van der Waals surface area contributed by atoms with Crippen molar-refractivity contribution in [3.8, 4) is 22.8 Å². The highest BCUT2D eigenvalue weighted by Gasteiger charge is 2.28. The molecular weight excluding hydrogens is 412 g/mol. The second-order valence-corrected chi connectivity index (χ2v) is 8.83. The topological polar surface area (TPSA) is 51.7 Å². The van der Waals surface area contributed by atoms with E-state index >= 15 is 0 Å². The van der Waals surface area contributed by atoms with E-state index in [2.05, 4.69) is 37.0 Å². The average Bonchev–Trinajstić information content (AvgIpc) is 3.67. The Kier molecular flexibility index (Phi) is 6.97. The zero-order valence-corrected chi connectivity index (χ0v) is 19.9. The predicted molar refractivity (Wildman–Crippen MR) is 131 cm³/mol. The van der Waals surface area contributed by atoms with Crippen LogP contribution in [0.25, 0.3) is 11.3 Å². The van der Waals surface area contributed by atoms with Crippen LogP contribution in [0.1, 0.15) is 39.9 Å². The normalized spacial score (nSPS) is 13.0. The Hall–Kier alpha value is -3.34. The van der Waals surface area contributed by atoms with Gasteiger partial charge in [0.05, 0.1) is 25.5 Å². The Balaban J connectivity index is 1.58. The number of nitrogens with zero attached hydrogens (tertiary/aromatic N) is 2. The number of aryl methyl sites for hydroxylation is 2. The van der Waals surface area contributed by atoms with Crippen LogP contribution in [0.3, 0.4) is 0 Å². The summed E-state index contributed by atoms with van der Waals surface area (Å²) in [6.07, 6.45) is 4.89. The lowest BCUT2D eigenvalue weighted by Gasteiger charge is -2.24. The molecule has 172 valence electrons. The summed E-state index contributed by atoms with van der Waals surface area (Å²) in [4.78, 5) is 20.3. The molecule has 0 N–H and O–H groups in total. The molecule has 4 rings (SSSR count). The number of benzene rings is 2. The fraction of sp³-hybridized carbons (Fsp3) is 0.357. The Morgan fingerprint density at radius 1 is 1.00 bits per heavy atom. The number of carbonyl (C=O) groups excluding carboxylic acids is 1. The Bertz CT molecular complexity index is 1140. The molecule has 2 aromatic carbocycles. The third kappa shape index (κ3) is 5.36. The molecule has 0 atom stereocenters. The van der Waals surface area contributed by atoms with Crippen molar-refractivity contribution >= 4 is 5.91 Å². The summed E-state index contributed by atoms with van der Waals surface area (Å²) in [6.45, 7) is 5.61. The van der Waals surface area contributed by atoms with Crippen molar-refractivity contribution in [3.63, 3.8) is 0 Å². The van der Waals surface area contributed by atoms with Crippen LogP contribution in [0.2, 0.25) is 0 Å². The van der Waals surface area contributed by atoms with Crippen molar-refractivity contribution in [1.82, 2.24) is 9.88 Å². The minimum atomic E-state index is 0.0451. The summed E-state index contributed by atoms with van der Waals surface area (Å²) in [7, 11) is 3.27. The van der Waals surface area contributed by atoms with E-state index in [4.69, 9.17) is 9.47 Å². The summed E-state index contributed by atoms with van der Waals surface area (Å²) in [6, 6.07) is 15.9. The van der Waals surface area contributed by atoms with Crippen LogP contribution in [0.4, 0.5) is 0 Å². The molecular formula is C28H32N2O3. The van der Waals surface area contributed by atoms with E-state index < -0.39 is 0 Å². The quantitative estimate of drug-likeness (QED) is 0.439. The molecule has 1 aliphatic carbocycles. The number of rotatable bonds is 9. The molecule has 0 unspecified atom stereocenters. The number of pyridine rings is 1. The molecule has 0 radical (unpaired) electrons. The van der Waals surface area contributed by atoms with Gasteiger partial charge in [-0.2, -0.15) is 0 Å². The number of hydrogen-bond acceptors (Lipinski definition) is 4. The molecule has 1 fully saturated rings. The molecule has 3 aromatic rings. The summed E-state index contributed by atoms with van der Waals surface area (Å²) in [5.74, 6) is 2.06. The molecule has 1 aliphatic rings. The van der Waals surface area contributed by atoms with E-state index in [0.29, 0.717) is 29.5 Å². The van der Waals surface area contributed by atoms with Crippen LogP contribution in [0.5, 0.6) is 11.5 Å². The molecule has 33 heavy (non-hydrogen) atoms. The van der Waals surface area contributed by atoms with Gasteiger partial charge in [0.15, 0.2) is 11.5 Å². The molecule has 5 nitrogen and oxygen atoms in total. The Labute approximate surface area is 196 Å². The van der Waals surface area contributed by atoms with E-state index in [0.717, 1.165) is 29.8 Å². The molecule has 1 amide bonds. The molecule has 0 aliphatic heterocycles. The zero-order chi connectivity index (χ0) is 23.4. The first-order valence-corrected chi connectivity index (χ1v) is 11.5. The van der Waals surface area contributed by atoms with Gasteiger partial charge in [0.25, 0.3) is 5.91 Å². The van der Waals surface area contributed by atoms with Gasteiger partial charge in [0.1, 0.15) is 0 Å². The van der Waals surface area contributed by atoms with Gasteiger partial charge in [-0.3, -0.25) is 9.78 Å². The maximum atomic E-state index is 13.7. The summed E-state index contributed by atoms with van der Waals surface area (Å²) in [5, 5.41) is 0. The van der Waals surface area contributed by atoms with Gasteiger partial charge in [0, 0.05) is 24.8 Å². The fourth-order valence-corrected chi connectivity index (χ4v) is 4.06. The first-order valence-electron chi connectivity index (χ1n) is 11.5. The summed E-state index contributed by atoms with van der Waals surface area (Å²) >= 11 is 0. The highest BCUT2D eigenvalue weighted by molar-refractivity contribution is 6.00. The number of carbonyl (C=O) groups is 1. The van der Waals surface area contributed by atoms with Crippen LogP contribution in [0, 0.1) is 19.8 Å². The maximum absolute atomic E-state index is 13.7. The zero-order valence-electron chi connectivity index (χ0n) is 19.9. The third-order valence-electron chi connectivity index (χ3n) is 6.40. The number of ether oxygens (including phenoxy) is 2. The van der Waals surface area contributed by atoms with Gasteiger partial charge in [-0.25, -0.2) is 0 Å². The lowest BCUT2D eigenvalue weighted by atomic mass is 10.00. The minimum absolute atomic E-state index is 0.0451. The SMILES string of the molecule is COc1ccc(CCN(CC2CC2)C(=O)c2cccnc2-c2ccc(C)c(C)c2)cc1OC. The van der Waals surface area contributed by atoms with Crippen molar-refractivity contribution in [2.45, 2.75) is 33.1 Å². The van der Waals surface area contributed by atoms with Crippen LogP contribution < -0.4 is 9.47 Å². The van der Waals surface area contributed by atoms with E-state index in [1.165, 1.54) is 24.0 Å². The summed E-state index contributed by atoms with van der Waals surface area (Å²) < 4.78 is 10.8. The highest BCUT2D eigenvalue weighted by atomic mass is 16.5. The van der Waals surface area contributed by atoms with Gasteiger partial charge in [-0.1, -0.05) is 18.2 Å². The van der Waals surface area contributed by atoms with Crippen LogP contribution in [0.15, 0.2) is 54.7 Å². The second kappa shape index (κ2) is 10.1. The van der Waals surface area contributed by atoms with Gasteiger partial charge < -0.3 is 14.4 Å². The molecule has 1 saturated carbocycles. The minimum Gasteiger partial charge on any atom is -0.493 e. The Morgan fingerprint density at radius 2 is 1.79 bits per heavy atom. The number of methoxy groups -OCH3 is 2. The molecule has 1 aromatic heterocycles. The smallest absolute Gasteiger partial charge is 0.256 e. The largest absolute Gasteiger partial charge is 0.493 e. The average molecular weight is 445 g/mol. The first-order chi connectivity index (χ1) is 16.0. The van der Waals surface area contributed by atoms with Crippen LogP contribution in [-0.2, 0) is 6.42 Å². The van der Waals surface area contributed by atoms with Crippen molar-refractivity contribution in [3.05, 3.63) is 77.0 Å². The third-order valence-corrected chi connectivity index (χ3v) is 6.40. The second-order valence-electron chi connectivity index (χ2n) is 8.83. The molecule has 0 bridgehead atoms. The van der Waals surface area contributed by atoms with Gasteiger partial charge in [-0.15, -0.1) is 0 Å². The Morgan fingerprint density at radius 3 is 2.48 bits per heavy atom. The van der Waals surface area contributed by atoms with E-state index in [-0.39, 0.29) is 5.91 Å². The van der Waals surface area contributed by atoms with Crippen LogP contribution in [-0.4, -0.2) is 43.1 Å². The lowest BCUT2D eigenvalue weighted by molar-refractivity contribution is 0.0750. The first kappa shape index (κ1) is 22.8.